The van der Waals surface area contributed by atoms with E-state index in [9.17, 15) is 18.0 Å². The fourth-order valence-corrected chi connectivity index (χ4v) is 6.46. The molecule has 0 N–H and O–H groups in total. The van der Waals surface area contributed by atoms with E-state index in [0.29, 0.717) is 5.57 Å². The van der Waals surface area contributed by atoms with Crippen molar-refractivity contribution in [2.24, 2.45) is 0 Å². The van der Waals surface area contributed by atoms with Crippen molar-refractivity contribution >= 4 is 60.2 Å². The summed E-state index contributed by atoms with van der Waals surface area (Å²) in [4.78, 5) is 25.5. The predicted molar refractivity (Wildman–Crippen MR) is 87.2 cm³/mol. The highest BCUT2D eigenvalue weighted by Crippen LogP contribution is 2.42. The molecule has 0 aromatic rings. The Morgan fingerprint density at radius 1 is 1.48 bits per heavy atom. The summed E-state index contributed by atoms with van der Waals surface area (Å²) in [5.74, 6) is -0.775. The summed E-state index contributed by atoms with van der Waals surface area (Å²) in [6, 6.07) is 0. The average Bonchev–Trinajstić information content (AvgIpc) is 2.33. The van der Waals surface area contributed by atoms with Crippen LogP contribution in [0.25, 0.3) is 0 Å². The molecule has 2 heterocycles. The van der Waals surface area contributed by atoms with Crippen LogP contribution >= 0.6 is 39.3 Å². The van der Waals surface area contributed by atoms with Crippen LogP contribution in [0.4, 0.5) is 0 Å². The number of alkyl halides is 2. The lowest BCUT2D eigenvalue weighted by Crippen LogP contribution is -2.68. The molecule has 0 spiro atoms. The number of carbonyl (C=O) groups excluding carboxylic acids is 2. The van der Waals surface area contributed by atoms with Crippen LogP contribution in [0.3, 0.4) is 0 Å². The smallest absolute Gasteiger partial charge is 0.249 e. The van der Waals surface area contributed by atoms with Gasteiger partial charge in [0.25, 0.3) is 0 Å². The van der Waals surface area contributed by atoms with E-state index in [1.807, 2.05) is 20.8 Å². The van der Waals surface area contributed by atoms with Gasteiger partial charge in [-0.1, -0.05) is 48.5 Å². The first kappa shape index (κ1) is 17.3. The summed E-state index contributed by atoms with van der Waals surface area (Å²) in [5, 5.41) is -2.29. The molecule has 0 aromatic carbocycles. The van der Waals surface area contributed by atoms with Gasteiger partial charge < -0.3 is 0 Å². The number of rotatable bonds is 2. The largest absolute Gasteiger partial charge is 0.287 e. The summed E-state index contributed by atoms with van der Waals surface area (Å²) in [7, 11) is -3.55. The quantitative estimate of drug-likeness (QED) is 0.508. The van der Waals surface area contributed by atoms with Crippen molar-refractivity contribution in [3.63, 3.8) is 0 Å². The van der Waals surface area contributed by atoms with Crippen molar-refractivity contribution in [2.75, 3.05) is 11.1 Å². The Morgan fingerprint density at radius 2 is 2.05 bits per heavy atom. The van der Waals surface area contributed by atoms with E-state index < -0.39 is 26.5 Å². The lowest BCUT2D eigenvalue weighted by Gasteiger charge is -2.47. The Balaban J connectivity index is 2.48. The summed E-state index contributed by atoms with van der Waals surface area (Å²) >= 11 is 10.1. The normalized spacial score (nSPS) is 28.2. The number of halogens is 2. The van der Waals surface area contributed by atoms with Crippen molar-refractivity contribution in [3.8, 4) is 0 Å². The lowest BCUT2D eigenvalue weighted by atomic mass is 10.1. The maximum Gasteiger partial charge on any atom is 0.249 e. The number of amides is 1. The van der Waals surface area contributed by atoms with E-state index >= 15 is 0 Å². The van der Waals surface area contributed by atoms with Crippen molar-refractivity contribution in [1.29, 1.82) is 0 Å². The standard InChI is InChI=1S/C12H15BrClNO4S2/c1-12(2,3)20-11(17)8-6(4-13)5-21(18,19)10-7(14)9(16)15(8)10/h7,10H,4-5H2,1-3H3/t7-,10+/m0/s1. The molecule has 0 unspecified atom stereocenters. The minimum absolute atomic E-state index is 0.175. The Kier molecular flexibility index (Phi) is 4.57. The molecule has 118 valence electrons. The molecule has 1 fully saturated rings. The third kappa shape index (κ3) is 3.04. The van der Waals surface area contributed by atoms with Crippen LogP contribution in [-0.4, -0.2) is 50.9 Å². The van der Waals surface area contributed by atoms with Gasteiger partial charge in [-0.3, -0.25) is 14.5 Å². The van der Waals surface area contributed by atoms with Crippen LogP contribution in [-0.2, 0) is 19.4 Å². The molecule has 0 radical (unpaired) electrons. The van der Waals surface area contributed by atoms with Crippen LogP contribution in [0.15, 0.2) is 11.3 Å². The van der Waals surface area contributed by atoms with E-state index in [1.165, 1.54) is 0 Å². The second kappa shape index (κ2) is 5.54. The van der Waals surface area contributed by atoms with Gasteiger partial charge in [0.05, 0.1) is 5.75 Å². The van der Waals surface area contributed by atoms with Crippen LogP contribution in [0.2, 0.25) is 0 Å². The molecule has 2 aliphatic heterocycles. The Hall–Kier alpha value is -0.0500. The third-order valence-electron chi connectivity index (χ3n) is 3.05. The van der Waals surface area contributed by atoms with Gasteiger partial charge in [-0.2, -0.15) is 0 Å². The zero-order valence-electron chi connectivity index (χ0n) is 11.7. The number of fused-ring (bicyclic) bond motifs is 1. The zero-order chi connectivity index (χ0) is 16.2. The first-order chi connectivity index (χ1) is 9.49. The molecule has 0 aliphatic carbocycles. The number of β-lactam (4-membered cyclic amide) rings is 1. The third-order valence-corrected chi connectivity index (χ3v) is 7.26. The van der Waals surface area contributed by atoms with Crippen LogP contribution in [0, 0.1) is 0 Å². The summed E-state index contributed by atoms with van der Waals surface area (Å²) in [6.45, 7) is 5.63. The maximum atomic E-state index is 12.5. The molecule has 2 aliphatic rings. The number of nitrogens with zero attached hydrogens (tertiary/aromatic N) is 1. The topological polar surface area (TPSA) is 71.5 Å². The second-order valence-corrected chi connectivity index (χ2v) is 10.8. The number of carbonyl (C=O) groups is 2. The van der Waals surface area contributed by atoms with Gasteiger partial charge in [-0.25, -0.2) is 8.42 Å². The lowest BCUT2D eigenvalue weighted by molar-refractivity contribution is -0.140. The molecular weight excluding hydrogens is 402 g/mol. The number of sulfone groups is 1. The van der Waals surface area contributed by atoms with Crippen molar-refractivity contribution in [1.82, 2.24) is 4.90 Å². The van der Waals surface area contributed by atoms with E-state index in [1.54, 1.807) is 0 Å². The van der Waals surface area contributed by atoms with Crippen LogP contribution in [0.5, 0.6) is 0 Å². The summed E-state index contributed by atoms with van der Waals surface area (Å²) < 4.78 is 24.0. The van der Waals surface area contributed by atoms with E-state index in [0.717, 1.165) is 16.7 Å². The molecule has 1 amide bonds. The molecule has 1 saturated heterocycles. The zero-order valence-corrected chi connectivity index (χ0v) is 15.7. The Morgan fingerprint density at radius 3 is 2.52 bits per heavy atom. The highest BCUT2D eigenvalue weighted by molar-refractivity contribution is 9.09. The minimum Gasteiger partial charge on any atom is -0.287 e. The van der Waals surface area contributed by atoms with Gasteiger partial charge in [-0.05, 0) is 5.57 Å². The van der Waals surface area contributed by atoms with Crippen molar-refractivity contribution < 1.29 is 18.0 Å². The predicted octanol–water partition coefficient (Wildman–Crippen LogP) is 1.90. The van der Waals surface area contributed by atoms with Gasteiger partial charge in [-0.15, -0.1) is 11.6 Å². The monoisotopic (exact) mass is 415 g/mol. The van der Waals surface area contributed by atoms with Gasteiger partial charge in [0.1, 0.15) is 11.1 Å². The molecule has 21 heavy (non-hydrogen) atoms. The summed E-state index contributed by atoms with van der Waals surface area (Å²) in [5.41, 5.74) is 0.582. The molecular formula is C12H15BrClNO4S2. The molecule has 2 rings (SSSR count). The highest BCUT2D eigenvalue weighted by Gasteiger charge is 2.59. The van der Waals surface area contributed by atoms with Gasteiger partial charge in [0.2, 0.25) is 11.0 Å². The molecule has 5 nitrogen and oxygen atoms in total. The fraction of sp³-hybridized carbons (Fsp3) is 0.667. The Bertz CT molecular complexity index is 638. The van der Waals surface area contributed by atoms with E-state index in [4.69, 9.17) is 11.6 Å². The van der Waals surface area contributed by atoms with Gasteiger partial charge in [0, 0.05) is 10.1 Å². The Labute approximate surface area is 141 Å². The van der Waals surface area contributed by atoms with E-state index in [-0.39, 0.29) is 26.6 Å². The van der Waals surface area contributed by atoms with Crippen molar-refractivity contribution in [3.05, 3.63) is 11.3 Å². The van der Waals surface area contributed by atoms with Crippen LogP contribution in [0.1, 0.15) is 20.8 Å². The number of hydrogen-bond donors (Lipinski definition) is 0. The maximum absolute atomic E-state index is 12.5. The average molecular weight is 417 g/mol. The molecule has 2 atom stereocenters. The van der Waals surface area contributed by atoms with Gasteiger partial charge in [0.15, 0.2) is 15.2 Å². The molecule has 9 heteroatoms. The van der Waals surface area contributed by atoms with Crippen molar-refractivity contribution in [2.45, 2.75) is 36.3 Å². The molecule has 0 saturated carbocycles. The molecule has 0 aromatic heterocycles. The van der Waals surface area contributed by atoms with Crippen LogP contribution < -0.4 is 0 Å². The fourth-order valence-electron chi connectivity index (χ4n) is 2.25. The first-order valence-corrected chi connectivity index (χ1v) is 10.3. The van der Waals surface area contributed by atoms with E-state index in [2.05, 4.69) is 15.9 Å². The first-order valence-electron chi connectivity index (χ1n) is 6.19. The van der Waals surface area contributed by atoms with Gasteiger partial charge >= 0.3 is 0 Å². The SMILES string of the molecule is CC(C)(C)SC(=O)C1=C(CBr)CS(=O)(=O)[C@@H]2[C@@H](Cl)C(=O)N12. The highest BCUT2D eigenvalue weighted by atomic mass is 79.9. The number of hydrogen-bond acceptors (Lipinski definition) is 5. The second-order valence-electron chi connectivity index (χ2n) is 5.90. The summed E-state index contributed by atoms with van der Waals surface area (Å²) in [6.07, 6.45) is 0. The number of thioether (sulfide) groups is 1. The minimum atomic E-state index is -3.55. The molecule has 0 bridgehead atoms.